The molecule has 0 radical (unpaired) electrons. The Labute approximate surface area is 159 Å². The van der Waals surface area contributed by atoms with Crippen LogP contribution in [0.25, 0.3) is 27.0 Å². The van der Waals surface area contributed by atoms with Crippen molar-refractivity contribution in [2.24, 2.45) is 0 Å². The Hall–Kier alpha value is -3.31. The van der Waals surface area contributed by atoms with Gasteiger partial charge in [-0.15, -0.1) is 0 Å². The molecular weight excluding hydrogens is 354 g/mol. The molecule has 5 rings (SSSR count). The first-order valence-corrected chi connectivity index (χ1v) is 9.50. The molecule has 0 unspecified atom stereocenters. The summed E-state index contributed by atoms with van der Waals surface area (Å²) in [6.07, 6.45) is 1.58. The van der Waals surface area contributed by atoms with Gasteiger partial charge in [0.2, 0.25) is 4.96 Å². The SMILES string of the molecule is O=Cc1c(-c2ccc3ccccc3c2)nc2sc(Cc3ccccc3)nn12. The molecule has 3 aromatic carbocycles. The highest BCUT2D eigenvalue weighted by Gasteiger charge is 2.18. The summed E-state index contributed by atoms with van der Waals surface area (Å²) < 4.78 is 1.67. The van der Waals surface area contributed by atoms with Gasteiger partial charge in [0.05, 0.1) is 0 Å². The van der Waals surface area contributed by atoms with Gasteiger partial charge in [-0.3, -0.25) is 4.79 Å². The van der Waals surface area contributed by atoms with Crippen molar-refractivity contribution in [1.29, 1.82) is 0 Å². The Bertz CT molecular complexity index is 1270. The minimum atomic E-state index is 0.496. The summed E-state index contributed by atoms with van der Waals surface area (Å²) in [5.41, 5.74) is 3.30. The molecule has 0 N–H and O–H groups in total. The first kappa shape index (κ1) is 15.9. The lowest BCUT2D eigenvalue weighted by molar-refractivity contribution is 0.111. The van der Waals surface area contributed by atoms with E-state index in [1.165, 1.54) is 16.9 Å². The summed E-state index contributed by atoms with van der Waals surface area (Å²) >= 11 is 1.52. The van der Waals surface area contributed by atoms with E-state index in [4.69, 9.17) is 4.98 Å². The van der Waals surface area contributed by atoms with E-state index in [9.17, 15) is 4.79 Å². The van der Waals surface area contributed by atoms with Crippen molar-refractivity contribution < 1.29 is 4.79 Å². The fraction of sp³-hybridized carbons (Fsp3) is 0.0455. The lowest BCUT2D eigenvalue weighted by Crippen LogP contribution is -1.96. The molecule has 4 nitrogen and oxygen atoms in total. The van der Waals surface area contributed by atoms with Crippen LogP contribution in [0.5, 0.6) is 0 Å². The number of fused-ring (bicyclic) bond motifs is 2. The van der Waals surface area contributed by atoms with Crippen molar-refractivity contribution in [2.45, 2.75) is 6.42 Å². The molecule has 0 bridgehead atoms. The molecule has 0 fully saturated rings. The zero-order valence-electron chi connectivity index (χ0n) is 14.4. The average Bonchev–Trinajstić information content (AvgIpc) is 3.25. The summed E-state index contributed by atoms with van der Waals surface area (Å²) in [6, 6.07) is 24.5. The third-order valence-corrected chi connectivity index (χ3v) is 5.52. The van der Waals surface area contributed by atoms with Crippen LogP contribution in [0.15, 0.2) is 72.8 Å². The highest BCUT2D eigenvalue weighted by atomic mass is 32.1. The lowest BCUT2D eigenvalue weighted by Gasteiger charge is -2.02. The Morgan fingerprint density at radius 3 is 2.52 bits per heavy atom. The van der Waals surface area contributed by atoms with Crippen LogP contribution < -0.4 is 0 Å². The van der Waals surface area contributed by atoms with Gasteiger partial charge in [-0.1, -0.05) is 78.1 Å². The summed E-state index contributed by atoms with van der Waals surface area (Å²) in [5, 5.41) is 7.86. The van der Waals surface area contributed by atoms with Crippen LogP contribution >= 0.6 is 11.3 Å². The number of hydrogen-bond donors (Lipinski definition) is 0. The van der Waals surface area contributed by atoms with Crippen molar-refractivity contribution in [2.75, 3.05) is 0 Å². The van der Waals surface area contributed by atoms with Gasteiger partial charge in [0.1, 0.15) is 16.4 Å². The van der Waals surface area contributed by atoms with Crippen LogP contribution in [0, 0.1) is 0 Å². The Morgan fingerprint density at radius 2 is 1.70 bits per heavy atom. The Kier molecular flexibility index (Phi) is 3.80. The standard InChI is InChI=1S/C22H15N3OS/c26-14-19-21(18-11-10-16-8-4-5-9-17(16)13-18)23-22-25(19)24-20(27-22)12-15-6-2-1-3-7-15/h1-11,13-14H,12H2. The topological polar surface area (TPSA) is 47.3 Å². The second-order valence-corrected chi connectivity index (χ2v) is 7.42. The van der Waals surface area contributed by atoms with Crippen molar-refractivity contribution in [3.63, 3.8) is 0 Å². The van der Waals surface area contributed by atoms with Gasteiger partial charge in [-0.05, 0) is 22.4 Å². The van der Waals surface area contributed by atoms with Crippen LogP contribution in [0.3, 0.4) is 0 Å². The highest BCUT2D eigenvalue weighted by Crippen LogP contribution is 2.29. The zero-order valence-corrected chi connectivity index (χ0v) is 15.2. The van der Waals surface area contributed by atoms with Crippen molar-refractivity contribution in [3.8, 4) is 11.3 Å². The van der Waals surface area contributed by atoms with E-state index in [-0.39, 0.29) is 0 Å². The number of hydrogen-bond acceptors (Lipinski definition) is 4. The van der Waals surface area contributed by atoms with Crippen LogP contribution in [-0.2, 0) is 6.42 Å². The molecule has 0 amide bonds. The summed E-state index contributed by atoms with van der Waals surface area (Å²) in [6.45, 7) is 0. The zero-order chi connectivity index (χ0) is 18.2. The van der Waals surface area contributed by atoms with Crippen molar-refractivity contribution >= 4 is 33.4 Å². The van der Waals surface area contributed by atoms with E-state index in [0.717, 1.165) is 39.0 Å². The van der Waals surface area contributed by atoms with Gasteiger partial charge < -0.3 is 0 Å². The number of nitrogens with zero attached hydrogens (tertiary/aromatic N) is 3. The molecule has 27 heavy (non-hydrogen) atoms. The van der Waals surface area contributed by atoms with E-state index in [1.54, 1.807) is 4.52 Å². The van der Waals surface area contributed by atoms with Crippen molar-refractivity contribution in [1.82, 2.24) is 14.6 Å². The second kappa shape index (κ2) is 6.45. The average molecular weight is 369 g/mol. The molecule has 0 aliphatic heterocycles. The van der Waals surface area contributed by atoms with E-state index >= 15 is 0 Å². The number of rotatable bonds is 4. The smallest absolute Gasteiger partial charge is 0.213 e. The predicted octanol–water partition coefficient (Wildman–Crippen LogP) is 5.01. The molecule has 0 spiro atoms. The molecule has 2 aromatic heterocycles. The molecule has 0 atom stereocenters. The van der Waals surface area contributed by atoms with Gasteiger partial charge >= 0.3 is 0 Å². The van der Waals surface area contributed by atoms with E-state index in [1.807, 2.05) is 36.4 Å². The van der Waals surface area contributed by atoms with Gasteiger partial charge in [-0.2, -0.15) is 9.61 Å². The lowest BCUT2D eigenvalue weighted by atomic mass is 10.0. The normalized spacial score (nSPS) is 11.3. The number of carbonyl (C=O) groups excluding carboxylic acids is 1. The molecule has 0 aliphatic rings. The van der Waals surface area contributed by atoms with Crippen LogP contribution in [0.1, 0.15) is 21.1 Å². The van der Waals surface area contributed by atoms with Gasteiger partial charge in [-0.25, -0.2) is 4.98 Å². The summed E-state index contributed by atoms with van der Waals surface area (Å²) in [5.74, 6) is 0. The minimum Gasteiger partial charge on any atom is -0.296 e. The predicted molar refractivity (Wildman–Crippen MR) is 108 cm³/mol. The first-order chi connectivity index (χ1) is 13.3. The molecular formula is C22H15N3OS. The van der Waals surface area contributed by atoms with Crippen LogP contribution in [0.2, 0.25) is 0 Å². The van der Waals surface area contributed by atoms with E-state index in [2.05, 4.69) is 41.5 Å². The quantitative estimate of drug-likeness (QED) is 0.418. The van der Waals surface area contributed by atoms with Crippen LogP contribution in [-0.4, -0.2) is 20.9 Å². The number of aldehydes is 1. The highest BCUT2D eigenvalue weighted by molar-refractivity contribution is 7.16. The maximum Gasteiger partial charge on any atom is 0.213 e. The molecule has 0 saturated carbocycles. The largest absolute Gasteiger partial charge is 0.296 e. The molecule has 130 valence electrons. The third kappa shape index (κ3) is 2.82. The molecule has 5 heteroatoms. The fourth-order valence-electron chi connectivity index (χ4n) is 3.30. The fourth-order valence-corrected chi connectivity index (χ4v) is 4.23. The Balaban J connectivity index is 1.58. The minimum absolute atomic E-state index is 0.496. The maximum absolute atomic E-state index is 11.8. The van der Waals surface area contributed by atoms with E-state index in [0.29, 0.717) is 11.4 Å². The molecule has 0 aliphatic carbocycles. The number of imidazole rings is 1. The summed E-state index contributed by atoms with van der Waals surface area (Å²) in [7, 11) is 0. The number of benzene rings is 3. The monoisotopic (exact) mass is 369 g/mol. The van der Waals surface area contributed by atoms with E-state index < -0.39 is 0 Å². The first-order valence-electron chi connectivity index (χ1n) is 8.68. The van der Waals surface area contributed by atoms with Gasteiger partial charge in [0.25, 0.3) is 0 Å². The molecule has 5 aromatic rings. The van der Waals surface area contributed by atoms with Crippen molar-refractivity contribution in [3.05, 3.63) is 89.1 Å². The number of aromatic nitrogens is 3. The number of carbonyl (C=O) groups is 1. The van der Waals surface area contributed by atoms with Crippen LogP contribution in [0.4, 0.5) is 0 Å². The maximum atomic E-state index is 11.8. The van der Waals surface area contributed by atoms with Gasteiger partial charge in [0, 0.05) is 12.0 Å². The third-order valence-electron chi connectivity index (χ3n) is 4.61. The molecule has 0 saturated heterocycles. The summed E-state index contributed by atoms with van der Waals surface area (Å²) in [4.78, 5) is 17.3. The Morgan fingerprint density at radius 1 is 0.926 bits per heavy atom. The van der Waals surface area contributed by atoms with Gasteiger partial charge in [0.15, 0.2) is 6.29 Å². The second-order valence-electron chi connectivity index (χ2n) is 6.38. The molecule has 2 heterocycles.